The summed E-state index contributed by atoms with van der Waals surface area (Å²) in [5.74, 6) is -0.964. The molecule has 2 aromatic rings. The van der Waals surface area contributed by atoms with Gasteiger partial charge in [-0.3, -0.25) is 15.0 Å². The molecule has 7 heteroatoms. The predicted octanol–water partition coefficient (Wildman–Crippen LogP) is 2.47. The number of halogens is 1. The van der Waals surface area contributed by atoms with Crippen molar-refractivity contribution in [1.82, 2.24) is 10.4 Å². The molecule has 0 unspecified atom stereocenters. The lowest BCUT2D eigenvalue weighted by Crippen LogP contribution is -2.45. The van der Waals surface area contributed by atoms with Crippen molar-refractivity contribution in [2.75, 3.05) is 20.2 Å². The van der Waals surface area contributed by atoms with E-state index < -0.39 is 23.8 Å². The minimum Gasteiger partial charge on any atom is -0.476 e. The van der Waals surface area contributed by atoms with Crippen LogP contribution < -0.4 is 10.2 Å². The Hall–Kier alpha value is -2.93. The molecule has 0 spiro atoms. The van der Waals surface area contributed by atoms with Crippen LogP contribution in [0.1, 0.15) is 18.6 Å². The largest absolute Gasteiger partial charge is 0.476 e. The Labute approximate surface area is 151 Å². The first-order chi connectivity index (χ1) is 12.5. The summed E-state index contributed by atoms with van der Waals surface area (Å²) in [4.78, 5) is 24.2. The average molecular weight is 360 g/mol. The zero-order valence-corrected chi connectivity index (χ0v) is 14.6. The number of amides is 1. The summed E-state index contributed by atoms with van der Waals surface area (Å²) < 4.78 is 23.7. The average Bonchev–Trinajstić information content (AvgIpc) is 2.61. The molecule has 0 aliphatic heterocycles. The van der Waals surface area contributed by atoms with Crippen molar-refractivity contribution in [2.45, 2.75) is 13.0 Å². The highest BCUT2D eigenvalue weighted by Gasteiger charge is 2.24. The molecular formula is C19H21FN2O4. The Balaban J connectivity index is 2.11. The number of hydrazine groups is 1. The lowest BCUT2D eigenvalue weighted by Gasteiger charge is -2.23. The van der Waals surface area contributed by atoms with Gasteiger partial charge in [-0.1, -0.05) is 30.3 Å². The van der Waals surface area contributed by atoms with E-state index in [-0.39, 0.29) is 13.2 Å². The number of benzene rings is 2. The minimum absolute atomic E-state index is 0.0996. The van der Waals surface area contributed by atoms with Gasteiger partial charge in [-0.15, -0.1) is 0 Å². The van der Waals surface area contributed by atoms with Crippen molar-refractivity contribution in [2.24, 2.45) is 0 Å². The molecule has 2 rings (SSSR count). The van der Waals surface area contributed by atoms with Crippen LogP contribution >= 0.6 is 0 Å². The van der Waals surface area contributed by atoms with Crippen LogP contribution in [0, 0.1) is 5.82 Å². The summed E-state index contributed by atoms with van der Waals surface area (Å²) in [5.41, 5.74) is 3.22. The van der Waals surface area contributed by atoms with Crippen LogP contribution in [0.25, 0.3) is 0 Å². The van der Waals surface area contributed by atoms with Gasteiger partial charge in [-0.2, -0.15) is 0 Å². The van der Waals surface area contributed by atoms with Crippen molar-refractivity contribution in [3.05, 3.63) is 66.0 Å². The second-order valence-electron chi connectivity index (χ2n) is 5.50. The van der Waals surface area contributed by atoms with E-state index in [4.69, 9.17) is 9.47 Å². The first-order valence-corrected chi connectivity index (χ1v) is 8.14. The number of rotatable bonds is 8. The van der Waals surface area contributed by atoms with Crippen LogP contribution in [0.4, 0.5) is 4.39 Å². The van der Waals surface area contributed by atoms with Gasteiger partial charge in [-0.05, 0) is 31.2 Å². The summed E-state index contributed by atoms with van der Waals surface area (Å²) in [6, 6.07) is 14.3. The zero-order valence-electron chi connectivity index (χ0n) is 14.6. The molecule has 0 fully saturated rings. The maximum absolute atomic E-state index is 13.1. The highest BCUT2D eigenvalue weighted by atomic mass is 19.1. The lowest BCUT2D eigenvalue weighted by molar-refractivity contribution is -0.146. The fourth-order valence-corrected chi connectivity index (χ4v) is 2.24. The summed E-state index contributed by atoms with van der Waals surface area (Å²) in [6.07, 6.45) is -0.966. The van der Waals surface area contributed by atoms with Crippen LogP contribution in [0.5, 0.6) is 5.75 Å². The van der Waals surface area contributed by atoms with Gasteiger partial charge < -0.3 is 9.47 Å². The van der Waals surface area contributed by atoms with Crippen molar-refractivity contribution >= 4 is 11.9 Å². The minimum atomic E-state index is -0.966. The molecule has 0 aliphatic rings. The van der Waals surface area contributed by atoms with Crippen LogP contribution in [-0.4, -0.2) is 37.1 Å². The van der Waals surface area contributed by atoms with E-state index in [1.165, 1.54) is 29.3 Å². The number of carbonyl (C=O) groups excluding carboxylic acids is 2. The zero-order chi connectivity index (χ0) is 18.9. The Kier molecular flexibility index (Phi) is 7.11. The number of carbonyl (C=O) groups is 2. The van der Waals surface area contributed by atoms with Crippen molar-refractivity contribution < 1.29 is 23.5 Å². The Morgan fingerprint density at radius 3 is 2.38 bits per heavy atom. The predicted molar refractivity (Wildman–Crippen MR) is 93.6 cm³/mol. The molecule has 26 heavy (non-hydrogen) atoms. The van der Waals surface area contributed by atoms with Crippen molar-refractivity contribution in [3.8, 4) is 5.75 Å². The number of hydrogen-bond acceptors (Lipinski definition) is 5. The molecule has 1 N–H and O–H groups in total. The molecule has 1 amide bonds. The summed E-state index contributed by atoms with van der Waals surface area (Å²) in [7, 11) is 1.55. The topological polar surface area (TPSA) is 67.9 Å². The molecule has 2 aromatic carbocycles. The monoisotopic (exact) mass is 360 g/mol. The van der Waals surface area contributed by atoms with E-state index >= 15 is 0 Å². The molecule has 0 bridgehead atoms. The van der Waals surface area contributed by atoms with Crippen LogP contribution in [0.3, 0.4) is 0 Å². The van der Waals surface area contributed by atoms with Gasteiger partial charge in [0.2, 0.25) is 6.10 Å². The highest BCUT2D eigenvalue weighted by Crippen LogP contribution is 2.22. The Bertz CT molecular complexity index is 722. The van der Waals surface area contributed by atoms with E-state index in [2.05, 4.69) is 5.43 Å². The number of ether oxygens (including phenoxy) is 2. The van der Waals surface area contributed by atoms with E-state index in [1.54, 1.807) is 38.2 Å². The Morgan fingerprint density at radius 2 is 1.77 bits per heavy atom. The van der Waals surface area contributed by atoms with E-state index in [0.717, 1.165) is 0 Å². The van der Waals surface area contributed by atoms with Gasteiger partial charge in [0.1, 0.15) is 18.1 Å². The first-order valence-electron chi connectivity index (χ1n) is 8.14. The van der Waals surface area contributed by atoms with Gasteiger partial charge >= 0.3 is 5.97 Å². The van der Waals surface area contributed by atoms with E-state index in [1.807, 2.05) is 6.07 Å². The maximum Gasteiger partial charge on any atom is 0.322 e. The second kappa shape index (κ2) is 9.53. The van der Waals surface area contributed by atoms with E-state index in [9.17, 15) is 14.0 Å². The maximum atomic E-state index is 13.1. The number of esters is 1. The molecule has 1 atom stereocenters. The summed E-state index contributed by atoms with van der Waals surface area (Å²) in [6.45, 7) is 1.87. The lowest BCUT2D eigenvalue weighted by atomic mass is 10.1. The van der Waals surface area contributed by atoms with Gasteiger partial charge in [0, 0.05) is 12.6 Å². The van der Waals surface area contributed by atoms with E-state index in [0.29, 0.717) is 11.3 Å². The summed E-state index contributed by atoms with van der Waals surface area (Å²) in [5, 5.41) is 1.32. The molecule has 138 valence electrons. The van der Waals surface area contributed by atoms with Gasteiger partial charge in [0.05, 0.1) is 6.61 Å². The number of nitrogens with zero attached hydrogens (tertiary/aromatic N) is 1. The van der Waals surface area contributed by atoms with Gasteiger partial charge in [0.15, 0.2) is 0 Å². The number of likely N-dealkylation sites (N-methyl/N-ethyl adjacent to an activating group) is 1. The van der Waals surface area contributed by atoms with Crippen molar-refractivity contribution in [1.29, 1.82) is 0 Å². The van der Waals surface area contributed by atoms with Gasteiger partial charge in [-0.25, -0.2) is 9.40 Å². The fraction of sp³-hybridized carbons (Fsp3) is 0.263. The smallest absolute Gasteiger partial charge is 0.322 e. The van der Waals surface area contributed by atoms with Crippen LogP contribution in [0.2, 0.25) is 0 Å². The number of nitrogens with one attached hydrogen (secondary N) is 1. The van der Waals surface area contributed by atoms with Crippen LogP contribution in [0.15, 0.2) is 54.6 Å². The standard InChI is InChI=1S/C19H21FN2O4/c1-3-25-17(23)13-22(2)21-19(24)18(14-7-5-4-6-8-14)26-16-11-9-15(20)10-12-16/h4-12,18H,3,13H2,1-2H3,(H,21,24)/t18-/m0/s1. The first kappa shape index (κ1) is 19.4. The third kappa shape index (κ3) is 5.86. The molecule has 0 aromatic heterocycles. The molecule has 0 saturated carbocycles. The second-order valence-corrected chi connectivity index (χ2v) is 5.50. The molecule has 0 saturated heterocycles. The third-order valence-electron chi connectivity index (χ3n) is 3.38. The fourth-order valence-electron chi connectivity index (χ4n) is 2.24. The molecule has 0 heterocycles. The highest BCUT2D eigenvalue weighted by molar-refractivity contribution is 5.82. The summed E-state index contributed by atoms with van der Waals surface area (Å²) >= 11 is 0. The third-order valence-corrected chi connectivity index (χ3v) is 3.38. The molecule has 6 nitrogen and oxygen atoms in total. The van der Waals surface area contributed by atoms with Crippen LogP contribution in [-0.2, 0) is 14.3 Å². The SMILES string of the molecule is CCOC(=O)CN(C)NC(=O)[C@@H](Oc1ccc(F)cc1)c1ccccc1. The normalized spacial score (nSPS) is 11.7. The molecule has 0 aliphatic carbocycles. The number of hydrogen-bond donors (Lipinski definition) is 1. The quantitative estimate of drug-likeness (QED) is 0.579. The molecular weight excluding hydrogens is 339 g/mol. The van der Waals surface area contributed by atoms with Crippen molar-refractivity contribution in [3.63, 3.8) is 0 Å². The van der Waals surface area contributed by atoms with Gasteiger partial charge in [0.25, 0.3) is 5.91 Å². The molecule has 0 radical (unpaired) electrons. The Morgan fingerprint density at radius 1 is 1.12 bits per heavy atom.